The van der Waals surface area contributed by atoms with E-state index in [0.717, 1.165) is 44.7 Å². The Balaban J connectivity index is 1.63. The number of likely N-dealkylation sites (tertiary alicyclic amines) is 1. The number of benzene rings is 1. The molecule has 0 aliphatic carbocycles. The number of nitrogens with zero attached hydrogens (tertiary/aromatic N) is 1. The van der Waals surface area contributed by atoms with Crippen LogP contribution in [0.15, 0.2) is 18.2 Å². The largest absolute Gasteiger partial charge is 0.493 e. The second-order valence-corrected chi connectivity index (χ2v) is 7.16. The van der Waals surface area contributed by atoms with Crippen LogP contribution >= 0.6 is 0 Å². The van der Waals surface area contributed by atoms with Gasteiger partial charge in [-0.15, -0.1) is 0 Å². The normalized spacial score (nSPS) is 18.8. The van der Waals surface area contributed by atoms with Crippen molar-refractivity contribution in [3.05, 3.63) is 29.3 Å². The van der Waals surface area contributed by atoms with E-state index in [1.165, 1.54) is 11.1 Å². The van der Waals surface area contributed by atoms with Crippen molar-refractivity contribution in [2.75, 3.05) is 19.7 Å². The number of hydrogen-bond donors (Lipinski definition) is 0. The third-order valence-electron chi connectivity index (χ3n) is 4.37. The maximum absolute atomic E-state index is 12.1. The zero-order chi connectivity index (χ0) is 15.7. The Morgan fingerprint density at radius 3 is 2.68 bits per heavy atom. The van der Waals surface area contributed by atoms with E-state index in [9.17, 15) is 4.79 Å². The van der Waals surface area contributed by atoms with Crippen molar-refractivity contribution >= 4 is 6.09 Å². The molecule has 1 aromatic rings. The Kier molecular flexibility index (Phi) is 4.02. The molecule has 1 fully saturated rings. The van der Waals surface area contributed by atoms with Gasteiger partial charge in [-0.3, -0.25) is 0 Å². The van der Waals surface area contributed by atoms with Gasteiger partial charge in [-0.2, -0.15) is 0 Å². The Labute approximate surface area is 132 Å². The van der Waals surface area contributed by atoms with Crippen LogP contribution in [0.2, 0.25) is 0 Å². The van der Waals surface area contributed by atoms with Gasteiger partial charge in [0.25, 0.3) is 0 Å². The molecule has 0 spiro atoms. The summed E-state index contributed by atoms with van der Waals surface area (Å²) in [5.41, 5.74) is 2.36. The van der Waals surface area contributed by atoms with Crippen LogP contribution in [-0.2, 0) is 11.2 Å². The number of rotatable bonds is 1. The highest BCUT2D eigenvalue weighted by molar-refractivity contribution is 5.68. The van der Waals surface area contributed by atoms with Crippen LogP contribution in [0.4, 0.5) is 4.79 Å². The summed E-state index contributed by atoms with van der Waals surface area (Å²) >= 11 is 0. The van der Waals surface area contributed by atoms with Gasteiger partial charge in [0.05, 0.1) is 6.61 Å². The molecule has 0 bridgehead atoms. The molecular formula is C18H25NO3. The molecule has 2 aliphatic heterocycles. The van der Waals surface area contributed by atoms with Crippen LogP contribution in [0, 0.1) is 0 Å². The minimum Gasteiger partial charge on any atom is -0.493 e. The van der Waals surface area contributed by atoms with E-state index in [2.05, 4.69) is 18.2 Å². The average molecular weight is 303 g/mol. The van der Waals surface area contributed by atoms with Crippen molar-refractivity contribution in [2.24, 2.45) is 0 Å². The molecule has 0 atom stereocenters. The lowest BCUT2D eigenvalue weighted by molar-refractivity contribution is 0.0204. The van der Waals surface area contributed by atoms with E-state index in [1.54, 1.807) is 0 Å². The van der Waals surface area contributed by atoms with Crippen LogP contribution in [0.3, 0.4) is 0 Å². The lowest BCUT2D eigenvalue weighted by Crippen LogP contribution is -2.41. The molecule has 3 rings (SSSR count). The Morgan fingerprint density at radius 1 is 1.27 bits per heavy atom. The van der Waals surface area contributed by atoms with Gasteiger partial charge in [0.1, 0.15) is 11.4 Å². The minimum absolute atomic E-state index is 0.187. The lowest BCUT2D eigenvalue weighted by atomic mass is 9.86. The van der Waals surface area contributed by atoms with Gasteiger partial charge in [-0.05, 0) is 51.2 Å². The highest BCUT2D eigenvalue weighted by Gasteiger charge is 2.29. The Bertz CT molecular complexity index is 554. The zero-order valence-corrected chi connectivity index (χ0v) is 13.7. The predicted octanol–water partition coefficient (Wildman–Crippen LogP) is 3.74. The van der Waals surface area contributed by atoms with Crippen LogP contribution in [0.5, 0.6) is 5.75 Å². The monoisotopic (exact) mass is 303 g/mol. The zero-order valence-electron chi connectivity index (χ0n) is 13.7. The summed E-state index contributed by atoms with van der Waals surface area (Å²) in [6.45, 7) is 8.05. The number of fused-ring (bicyclic) bond motifs is 1. The first-order valence-corrected chi connectivity index (χ1v) is 8.16. The second-order valence-electron chi connectivity index (χ2n) is 7.16. The van der Waals surface area contributed by atoms with Gasteiger partial charge in [-0.1, -0.05) is 12.1 Å². The van der Waals surface area contributed by atoms with Crippen molar-refractivity contribution in [3.63, 3.8) is 0 Å². The van der Waals surface area contributed by atoms with Gasteiger partial charge in [0.15, 0.2) is 0 Å². The molecule has 1 saturated heterocycles. The van der Waals surface area contributed by atoms with E-state index in [-0.39, 0.29) is 6.09 Å². The summed E-state index contributed by atoms with van der Waals surface area (Å²) in [5.74, 6) is 1.57. The number of ether oxygens (including phenoxy) is 2. The highest BCUT2D eigenvalue weighted by atomic mass is 16.6. The van der Waals surface area contributed by atoms with Crippen LogP contribution in [-0.4, -0.2) is 36.3 Å². The van der Waals surface area contributed by atoms with Crippen molar-refractivity contribution < 1.29 is 14.3 Å². The van der Waals surface area contributed by atoms with E-state index in [0.29, 0.717) is 5.92 Å². The predicted molar refractivity (Wildman–Crippen MR) is 85.4 cm³/mol. The molecule has 120 valence electrons. The Morgan fingerprint density at radius 2 is 2.00 bits per heavy atom. The third-order valence-corrected chi connectivity index (χ3v) is 4.37. The van der Waals surface area contributed by atoms with Crippen molar-refractivity contribution in [3.8, 4) is 5.75 Å². The van der Waals surface area contributed by atoms with E-state index in [4.69, 9.17) is 9.47 Å². The summed E-state index contributed by atoms with van der Waals surface area (Å²) in [4.78, 5) is 14.0. The first kappa shape index (κ1) is 15.2. The fourth-order valence-corrected chi connectivity index (χ4v) is 3.33. The molecular weight excluding hydrogens is 278 g/mol. The number of amides is 1. The van der Waals surface area contributed by atoms with Gasteiger partial charge < -0.3 is 14.4 Å². The maximum atomic E-state index is 12.1. The van der Waals surface area contributed by atoms with Crippen LogP contribution in [0.25, 0.3) is 0 Å². The van der Waals surface area contributed by atoms with Gasteiger partial charge in [-0.25, -0.2) is 4.79 Å². The van der Waals surface area contributed by atoms with E-state index >= 15 is 0 Å². The van der Waals surface area contributed by atoms with Crippen LogP contribution < -0.4 is 4.74 Å². The number of carbonyl (C=O) groups excluding carboxylic acids is 1. The molecule has 22 heavy (non-hydrogen) atoms. The van der Waals surface area contributed by atoms with E-state index < -0.39 is 5.60 Å². The summed E-state index contributed by atoms with van der Waals surface area (Å²) in [6.07, 6.45) is 2.82. The van der Waals surface area contributed by atoms with Crippen molar-refractivity contribution in [1.29, 1.82) is 0 Å². The third kappa shape index (κ3) is 3.21. The van der Waals surface area contributed by atoms with Crippen molar-refractivity contribution in [2.45, 2.75) is 51.6 Å². The lowest BCUT2D eigenvalue weighted by Gasteiger charge is -2.34. The van der Waals surface area contributed by atoms with Crippen LogP contribution in [0.1, 0.15) is 50.7 Å². The summed E-state index contributed by atoms with van der Waals surface area (Å²) in [6, 6.07) is 6.36. The molecule has 2 aliphatic rings. The molecule has 0 saturated carbocycles. The SMILES string of the molecule is CC(C)(C)OC(=O)N1CCC(c2cccc3c2CCO3)CC1. The van der Waals surface area contributed by atoms with Gasteiger partial charge in [0.2, 0.25) is 0 Å². The van der Waals surface area contributed by atoms with Gasteiger partial charge >= 0.3 is 6.09 Å². The second kappa shape index (κ2) is 5.82. The molecule has 4 nitrogen and oxygen atoms in total. The summed E-state index contributed by atoms with van der Waals surface area (Å²) in [7, 11) is 0. The topological polar surface area (TPSA) is 38.8 Å². The smallest absolute Gasteiger partial charge is 0.410 e. The van der Waals surface area contributed by atoms with Crippen molar-refractivity contribution in [1.82, 2.24) is 4.90 Å². The highest BCUT2D eigenvalue weighted by Crippen LogP contribution is 2.37. The standard InChI is InChI=1S/C18H25NO3/c1-18(2,3)22-17(20)19-10-7-13(8-11-19)14-5-4-6-16-15(14)9-12-21-16/h4-6,13H,7-12H2,1-3H3. The molecule has 1 aromatic carbocycles. The molecule has 0 aromatic heterocycles. The fraction of sp³-hybridized carbons (Fsp3) is 0.611. The number of piperidine rings is 1. The first-order chi connectivity index (χ1) is 10.4. The summed E-state index contributed by atoms with van der Waals surface area (Å²) in [5, 5.41) is 0. The first-order valence-electron chi connectivity index (χ1n) is 8.16. The quantitative estimate of drug-likeness (QED) is 0.793. The number of carbonyl (C=O) groups is 1. The molecule has 1 amide bonds. The average Bonchev–Trinajstić information content (AvgIpc) is 2.94. The molecule has 0 unspecified atom stereocenters. The van der Waals surface area contributed by atoms with Gasteiger partial charge in [0, 0.05) is 25.1 Å². The molecule has 0 N–H and O–H groups in total. The minimum atomic E-state index is -0.425. The fourth-order valence-electron chi connectivity index (χ4n) is 3.33. The summed E-state index contributed by atoms with van der Waals surface area (Å²) < 4.78 is 11.1. The number of hydrogen-bond acceptors (Lipinski definition) is 3. The van der Waals surface area contributed by atoms with E-state index in [1.807, 2.05) is 25.7 Å². The molecule has 2 heterocycles. The maximum Gasteiger partial charge on any atom is 0.410 e. The molecule has 4 heteroatoms. The molecule has 0 radical (unpaired) electrons. The Hall–Kier alpha value is -1.71.